The van der Waals surface area contributed by atoms with Gasteiger partial charge in [0.1, 0.15) is 10.9 Å². The molecule has 0 saturated carbocycles. The molecule has 2 aliphatic rings. The van der Waals surface area contributed by atoms with Crippen molar-refractivity contribution in [3.63, 3.8) is 0 Å². The lowest BCUT2D eigenvalue weighted by atomic mass is 10.0. The third-order valence-electron chi connectivity index (χ3n) is 5.87. The predicted octanol–water partition coefficient (Wildman–Crippen LogP) is 5.26. The lowest BCUT2D eigenvalue weighted by molar-refractivity contribution is -0.137. The van der Waals surface area contributed by atoms with Crippen LogP contribution in [0.1, 0.15) is 32.1 Å². The molecule has 0 bridgehead atoms. The number of carboxylic acid groups (broad SMARTS) is 1. The number of halogens is 4. The van der Waals surface area contributed by atoms with Crippen LogP contribution in [0.3, 0.4) is 0 Å². The Balaban J connectivity index is 0.000000568. The molecule has 3 rings (SSSR count). The fraction of sp³-hybridized carbons (Fsp3) is 0.462. The van der Waals surface area contributed by atoms with E-state index in [1.165, 1.54) is 31.0 Å². The minimum atomic E-state index is -2.84. The highest BCUT2D eigenvalue weighted by Crippen LogP contribution is 2.35. The van der Waals surface area contributed by atoms with Gasteiger partial charge in [-0.05, 0) is 36.4 Å². The number of carbonyl (C=O) groups is 2. The van der Waals surface area contributed by atoms with E-state index in [0.29, 0.717) is 35.8 Å². The summed E-state index contributed by atoms with van der Waals surface area (Å²) >= 11 is 4.38. The average molecular weight is 634 g/mol. The summed E-state index contributed by atoms with van der Waals surface area (Å²) in [7, 11) is 2.86. The van der Waals surface area contributed by atoms with Crippen molar-refractivity contribution < 1.29 is 32.6 Å². The van der Waals surface area contributed by atoms with Gasteiger partial charge in [0.05, 0.1) is 25.8 Å². The minimum absolute atomic E-state index is 0.0161. The van der Waals surface area contributed by atoms with Gasteiger partial charge in [0.15, 0.2) is 5.84 Å². The van der Waals surface area contributed by atoms with Gasteiger partial charge in [0.25, 0.3) is 5.92 Å². The van der Waals surface area contributed by atoms with Gasteiger partial charge in [-0.2, -0.15) is 0 Å². The molecule has 0 spiro atoms. The Hall–Kier alpha value is -2.64. The summed E-state index contributed by atoms with van der Waals surface area (Å²) in [6.45, 7) is 3.37. The number of likely N-dealkylation sites (tertiary alicyclic amines) is 1. The number of ether oxygens (including phenoxy) is 1. The van der Waals surface area contributed by atoms with E-state index in [1.54, 1.807) is 29.5 Å². The van der Waals surface area contributed by atoms with Gasteiger partial charge in [0, 0.05) is 42.6 Å². The summed E-state index contributed by atoms with van der Waals surface area (Å²) < 4.78 is 46.2. The SMILES string of the molecule is C=CSC(=NC)C1=NCC(C(=O)OC)=C(CN2CC(F)(F)CC2CCCCC(=O)O)N1.Fc1cccc(Br)c1. The molecule has 39 heavy (non-hydrogen) atoms. The third-order valence-corrected chi connectivity index (χ3v) is 7.13. The normalized spacial score (nSPS) is 19.0. The molecule has 2 heterocycles. The Morgan fingerprint density at radius 2 is 2.15 bits per heavy atom. The first-order valence-corrected chi connectivity index (χ1v) is 13.8. The molecule has 2 aliphatic heterocycles. The second-order valence-corrected chi connectivity index (χ2v) is 10.6. The summed E-state index contributed by atoms with van der Waals surface area (Å²) in [4.78, 5) is 33.1. The van der Waals surface area contributed by atoms with Gasteiger partial charge < -0.3 is 15.2 Å². The maximum Gasteiger partial charge on any atom is 0.337 e. The summed E-state index contributed by atoms with van der Waals surface area (Å²) in [5.74, 6) is -4.08. The lowest BCUT2D eigenvalue weighted by Crippen LogP contribution is -2.42. The van der Waals surface area contributed by atoms with Crippen molar-refractivity contribution in [2.45, 2.75) is 44.1 Å². The standard InChI is InChI=1S/C20H28F2N4O4S.C6H4BrF/c1-4-31-18(23-2)17-24-10-14(19(29)30-3)15(25-17)11-26-12-20(21,22)9-13(26)7-5-6-8-16(27)28;7-5-2-1-3-6(8)4-5/h4,13H,1,5-12H2,2-3H3,(H,24,25)(H,27,28);1-4H. The molecule has 0 aliphatic carbocycles. The van der Waals surface area contributed by atoms with Crippen molar-refractivity contribution in [2.75, 3.05) is 33.8 Å². The molecule has 0 aromatic heterocycles. The Bertz CT molecular complexity index is 1110. The molecular weight excluding hydrogens is 601 g/mol. The molecule has 1 unspecified atom stereocenters. The second-order valence-electron chi connectivity index (χ2n) is 8.75. The first-order chi connectivity index (χ1) is 18.5. The number of benzene rings is 1. The number of nitrogens with one attached hydrogen (secondary N) is 1. The number of aliphatic carboxylic acids is 1. The summed E-state index contributed by atoms with van der Waals surface area (Å²) in [6.07, 6.45) is 1.15. The summed E-state index contributed by atoms with van der Waals surface area (Å²) in [5, 5.41) is 14.0. The molecule has 1 aromatic rings. The average Bonchev–Trinajstić information content (AvgIpc) is 3.17. The molecule has 8 nitrogen and oxygen atoms in total. The number of carboxylic acids is 1. The van der Waals surface area contributed by atoms with E-state index in [2.05, 4.69) is 37.8 Å². The van der Waals surface area contributed by atoms with E-state index in [0.717, 1.165) is 4.47 Å². The lowest BCUT2D eigenvalue weighted by Gasteiger charge is -2.28. The quantitative estimate of drug-likeness (QED) is 0.157. The van der Waals surface area contributed by atoms with Crippen molar-refractivity contribution in [2.24, 2.45) is 9.98 Å². The number of unbranched alkanes of at least 4 members (excludes halogenated alkanes) is 1. The number of methoxy groups -OCH3 is 1. The fourth-order valence-corrected chi connectivity index (χ4v) is 4.99. The molecular formula is C26H32BrF3N4O4S. The summed E-state index contributed by atoms with van der Waals surface area (Å²) in [5.41, 5.74) is 0.737. The Morgan fingerprint density at radius 3 is 2.72 bits per heavy atom. The highest BCUT2D eigenvalue weighted by atomic mass is 79.9. The Labute approximate surface area is 238 Å². The molecule has 13 heteroatoms. The van der Waals surface area contributed by atoms with Crippen LogP contribution in [0.15, 0.2) is 62.0 Å². The molecule has 1 atom stereocenters. The van der Waals surface area contributed by atoms with E-state index in [9.17, 15) is 22.8 Å². The van der Waals surface area contributed by atoms with E-state index in [-0.39, 0.29) is 37.3 Å². The van der Waals surface area contributed by atoms with Crippen molar-refractivity contribution in [1.82, 2.24) is 10.2 Å². The van der Waals surface area contributed by atoms with E-state index >= 15 is 0 Å². The molecule has 214 valence electrons. The van der Waals surface area contributed by atoms with Crippen LogP contribution >= 0.6 is 27.7 Å². The zero-order chi connectivity index (χ0) is 29.0. The van der Waals surface area contributed by atoms with Gasteiger partial charge in [-0.1, -0.05) is 46.8 Å². The molecule has 2 N–H and O–H groups in total. The number of rotatable bonds is 10. The van der Waals surface area contributed by atoms with Gasteiger partial charge in [-0.15, -0.1) is 0 Å². The van der Waals surface area contributed by atoms with Crippen molar-refractivity contribution >= 4 is 50.5 Å². The number of hydrogen-bond donors (Lipinski definition) is 2. The zero-order valence-corrected chi connectivity index (χ0v) is 24.2. The van der Waals surface area contributed by atoms with Gasteiger partial charge in [-0.3, -0.25) is 19.7 Å². The number of carbonyl (C=O) groups excluding carboxylic acids is 1. The highest BCUT2D eigenvalue weighted by molar-refractivity contribution is 9.10. The highest BCUT2D eigenvalue weighted by Gasteiger charge is 2.45. The van der Waals surface area contributed by atoms with E-state index in [1.807, 2.05) is 0 Å². The van der Waals surface area contributed by atoms with Crippen LogP contribution in [0.2, 0.25) is 0 Å². The minimum Gasteiger partial charge on any atom is -0.481 e. The number of hydrogen-bond acceptors (Lipinski definition) is 8. The maximum atomic E-state index is 14.2. The number of esters is 1. The van der Waals surface area contributed by atoms with E-state index in [4.69, 9.17) is 9.84 Å². The topological polar surface area (TPSA) is 104 Å². The fourth-order valence-electron chi connectivity index (χ4n) is 4.13. The van der Waals surface area contributed by atoms with Crippen LogP contribution in [-0.4, -0.2) is 78.6 Å². The van der Waals surface area contributed by atoms with Crippen LogP contribution < -0.4 is 5.32 Å². The molecule has 0 amide bonds. The van der Waals surface area contributed by atoms with Crippen molar-refractivity contribution in [3.05, 3.63) is 57.8 Å². The molecule has 0 radical (unpaired) electrons. The molecule has 1 saturated heterocycles. The number of amidine groups is 1. The van der Waals surface area contributed by atoms with Crippen LogP contribution in [0.25, 0.3) is 0 Å². The number of aliphatic imine (C=N–C) groups is 2. The van der Waals surface area contributed by atoms with Crippen molar-refractivity contribution in [1.29, 1.82) is 0 Å². The summed E-state index contributed by atoms with van der Waals surface area (Å²) in [6, 6.07) is 5.84. The van der Waals surface area contributed by atoms with Crippen LogP contribution in [0.4, 0.5) is 13.2 Å². The van der Waals surface area contributed by atoms with Crippen LogP contribution in [0.5, 0.6) is 0 Å². The van der Waals surface area contributed by atoms with Crippen LogP contribution in [-0.2, 0) is 14.3 Å². The smallest absolute Gasteiger partial charge is 0.337 e. The van der Waals surface area contributed by atoms with Crippen LogP contribution in [0, 0.1) is 5.82 Å². The van der Waals surface area contributed by atoms with Crippen molar-refractivity contribution in [3.8, 4) is 0 Å². The Morgan fingerprint density at radius 1 is 1.41 bits per heavy atom. The zero-order valence-electron chi connectivity index (χ0n) is 21.8. The largest absolute Gasteiger partial charge is 0.481 e. The third kappa shape index (κ3) is 10.8. The number of thioether (sulfide) groups is 1. The second kappa shape index (κ2) is 15.8. The molecule has 1 fully saturated rings. The molecule has 1 aromatic carbocycles. The van der Waals surface area contributed by atoms with Gasteiger partial charge in [0.2, 0.25) is 0 Å². The monoisotopic (exact) mass is 632 g/mol. The first-order valence-electron chi connectivity index (χ1n) is 12.1. The first kappa shape index (κ1) is 32.6. The van der Waals surface area contributed by atoms with E-state index < -0.39 is 30.4 Å². The predicted molar refractivity (Wildman–Crippen MR) is 151 cm³/mol. The Kier molecular flexibility index (Phi) is 13.2. The number of nitrogens with zero attached hydrogens (tertiary/aromatic N) is 3. The number of alkyl halides is 2. The maximum absolute atomic E-state index is 14.2. The van der Waals surface area contributed by atoms with Gasteiger partial charge in [-0.25, -0.2) is 18.0 Å². The van der Waals surface area contributed by atoms with Gasteiger partial charge >= 0.3 is 11.9 Å².